The first-order valence-electron chi connectivity index (χ1n) is 5.98. The van der Waals surface area contributed by atoms with Crippen molar-refractivity contribution in [1.29, 1.82) is 0 Å². The minimum Gasteiger partial charge on any atom is -0.447 e. The van der Waals surface area contributed by atoms with Crippen LogP contribution in [0.4, 0.5) is 14.5 Å². The highest BCUT2D eigenvalue weighted by atomic mass is 19.1. The molecule has 0 amide bonds. The van der Waals surface area contributed by atoms with Crippen molar-refractivity contribution in [3.8, 4) is 11.5 Å². The van der Waals surface area contributed by atoms with Gasteiger partial charge in [-0.1, -0.05) is 6.07 Å². The summed E-state index contributed by atoms with van der Waals surface area (Å²) in [7, 11) is 0. The predicted octanol–water partition coefficient (Wildman–Crippen LogP) is 3.72. The van der Waals surface area contributed by atoms with Gasteiger partial charge in [0.2, 0.25) is 5.75 Å². The fourth-order valence-corrected chi connectivity index (χ4v) is 1.70. The Kier molecular flexibility index (Phi) is 4.13. The smallest absolute Gasteiger partial charge is 0.311 e. The van der Waals surface area contributed by atoms with Crippen molar-refractivity contribution in [1.82, 2.24) is 0 Å². The van der Waals surface area contributed by atoms with Gasteiger partial charge in [0, 0.05) is 12.1 Å². The monoisotopic (exact) mass is 295 g/mol. The van der Waals surface area contributed by atoms with Crippen molar-refractivity contribution in [2.75, 3.05) is 0 Å². The van der Waals surface area contributed by atoms with E-state index >= 15 is 0 Å². The van der Waals surface area contributed by atoms with Gasteiger partial charge in [-0.25, -0.2) is 8.78 Å². The van der Waals surface area contributed by atoms with Crippen LogP contribution in [0.3, 0.4) is 0 Å². The molecule has 0 spiro atoms. The van der Waals surface area contributed by atoms with Gasteiger partial charge in [-0.05, 0) is 30.7 Å². The van der Waals surface area contributed by atoms with E-state index < -0.39 is 28.3 Å². The van der Waals surface area contributed by atoms with E-state index in [1.54, 1.807) is 0 Å². The molecule has 1 N–H and O–H groups in total. The van der Waals surface area contributed by atoms with Gasteiger partial charge in [-0.3, -0.25) is 10.1 Å². The molecule has 0 aromatic heterocycles. The van der Waals surface area contributed by atoms with E-state index in [0.717, 1.165) is 18.2 Å². The average molecular weight is 295 g/mol. The second-order valence-corrected chi connectivity index (χ2v) is 4.34. The number of nitrogens with zero attached hydrogens (tertiary/aromatic N) is 1. The molecule has 0 radical (unpaired) electrons. The van der Waals surface area contributed by atoms with Crippen LogP contribution < -0.4 is 4.74 Å². The first-order chi connectivity index (χ1) is 9.88. The minimum absolute atomic E-state index is 0.199. The van der Waals surface area contributed by atoms with Crippen molar-refractivity contribution in [2.24, 2.45) is 0 Å². The van der Waals surface area contributed by atoms with Crippen molar-refractivity contribution in [3.05, 3.63) is 63.7 Å². The number of hydrogen-bond acceptors (Lipinski definition) is 4. The van der Waals surface area contributed by atoms with Gasteiger partial charge in [-0.2, -0.15) is 0 Å². The average Bonchev–Trinajstić information content (AvgIpc) is 2.41. The number of nitro groups is 1. The molecule has 21 heavy (non-hydrogen) atoms. The molecule has 1 atom stereocenters. The summed E-state index contributed by atoms with van der Waals surface area (Å²) < 4.78 is 31.4. The molecule has 0 bridgehead atoms. The minimum atomic E-state index is -0.969. The summed E-state index contributed by atoms with van der Waals surface area (Å²) in [6.07, 6.45) is -0.889. The lowest BCUT2D eigenvalue weighted by Crippen LogP contribution is -1.98. The van der Waals surface area contributed by atoms with Crippen LogP contribution in [0, 0.1) is 21.7 Å². The van der Waals surface area contributed by atoms with Crippen molar-refractivity contribution >= 4 is 5.69 Å². The first-order valence-corrected chi connectivity index (χ1v) is 5.98. The number of benzene rings is 2. The summed E-state index contributed by atoms with van der Waals surface area (Å²) >= 11 is 0. The summed E-state index contributed by atoms with van der Waals surface area (Å²) in [5, 5.41) is 20.4. The number of nitro benzene ring substituents is 1. The van der Waals surface area contributed by atoms with Gasteiger partial charge in [0.05, 0.1) is 11.0 Å². The fraction of sp³-hybridized carbons (Fsp3) is 0.143. The fourth-order valence-electron chi connectivity index (χ4n) is 1.70. The first kappa shape index (κ1) is 14.9. The Bertz CT molecular complexity index is 689. The molecule has 0 saturated heterocycles. The molecule has 0 aliphatic rings. The number of ether oxygens (including phenoxy) is 1. The lowest BCUT2D eigenvalue weighted by Gasteiger charge is -2.10. The SMILES string of the molecule is C[C@@H](O)c1ccc(Oc2ccc(F)cc2F)c([N+](=O)[O-])c1. The summed E-state index contributed by atoms with van der Waals surface area (Å²) in [6.45, 7) is 1.46. The van der Waals surface area contributed by atoms with E-state index in [4.69, 9.17) is 4.74 Å². The van der Waals surface area contributed by atoms with E-state index in [2.05, 4.69) is 0 Å². The maximum absolute atomic E-state index is 13.5. The molecule has 7 heteroatoms. The second-order valence-electron chi connectivity index (χ2n) is 4.34. The van der Waals surface area contributed by atoms with E-state index in [9.17, 15) is 24.0 Å². The molecule has 2 aromatic rings. The van der Waals surface area contributed by atoms with Gasteiger partial charge in [0.25, 0.3) is 0 Å². The van der Waals surface area contributed by atoms with Gasteiger partial charge in [-0.15, -0.1) is 0 Å². The molecular formula is C14H11F2NO4. The molecule has 2 rings (SSSR count). The summed E-state index contributed by atoms with van der Waals surface area (Å²) in [5.41, 5.74) is -0.0919. The molecule has 0 aliphatic heterocycles. The Morgan fingerprint density at radius 3 is 2.43 bits per heavy atom. The standard InChI is InChI=1S/C14H11F2NO4/c1-8(18)9-2-4-14(12(6-9)17(19)20)21-13-5-3-10(15)7-11(13)16/h2-8,18H,1H3/t8-/m1/s1. The highest BCUT2D eigenvalue weighted by molar-refractivity contribution is 5.51. The van der Waals surface area contributed by atoms with E-state index in [1.807, 2.05) is 0 Å². The number of halogens is 2. The van der Waals surface area contributed by atoms with Crippen LogP contribution in [-0.2, 0) is 0 Å². The van der Waals surface area contributed by atoms with Crippen LogP contribution in [0.15, 0.2) is 36.4 Å². The quantitative estimate of drug-likeness (QED) is 0.689. The van der Waals surface area contributed by atoms with Gasteiger partial charge < -0.3 is 9.84 Å². The normalized spacial score (nSPS) is 12.0. The summed E-state index contributed by atoms with van der Waals surface area (Å²) in [6, 6.07) is 6.45. The van der Waals surface area contributed by atoms with E-state index in [-0.39, 0.29) is 11.5 Å². The molecule has 0 saturated carbocycles. The largest absolute Gasteiger partial charge is 0.447 e. The Hall–Kier alpha value is -2.54. The van der Waals surface area contributed by atoms with E-state index in [0.29, 0.717) is 11.6 Å². The Morgan fingerprint density at radius 1 is 1.19 bits per heavy atom. The maximum atomic E-state index is 13.5. The number of rotatable bonds is 4. The van der Waals surface area contributed by atoms with Crippen LogP contribution in [0.2, 0.25) is 0 Å². The molecule has 0 fully saturated rings. The topological polar surface area (TPSA) is 72.6 Å². The maximum Gasteiger partial charge on any atom is 0.311 e. The molecule has 2 aromatic carbocycles. The number of aliphatic hydroxyl groups is 1. The Labute approximate surface area is 118 Å². The lowest BCUT2D eigenvalue weighted by molar-refractivity contribution is -0.385. The van der Waals surface area contributed by atoms with Crippen LogP contribution in [-0.4, -0.2) is 10.0 Å². The summed E-state index contributed by atoms with van der Waals surface area (Å²) in [5.74, 6) is -2.28. The van der Waals surface area contributed by atoms with Gasteiger partial charge >= 0.3 is 5.69 Å². The molecule has 0 unspecified atom stereocenters. The van der Waals surface area contributed by atoms with Crippen molar-refractivity contribution in [3.63, 3.8) is 0 Å². The van der Waals surface area contributed by atoms with E-state index in [1.165, 1.54) is 19.1 Å². The Morgan fingerprint density at radius 2 is 1.86 bits per heavy atom. The highest BCUT2D eigenvalue weighted by Crippen LogP contribution is 2.34. The van der Waals surface area contributed by atoms with Crippen LogP contribution in [0.5, 0.6) is 11.5 Å². The Balaban J connectivity index is 2.41. The molecule has 0 heterocycles. The van der Waals surface area contributed by atoms with Crippen LogP contribution in [0.1, 0.15) is 18.6 Å². The second kappa shape index (κ2) is 5.84. The van der Waals surface area contributed by atoms with Crippen LogP contribution in [0.25, 0.3) is 0 Å². The molecule has 110 valence electrons. The third kappa shape index (κ3) is 3.32. The molecular weight excluding hydrogens is 284 g/mol. The lowest BCUT2D eigenvalue weighted by atomic mass is 10.1. The van der Waals surface area contributed by atoms with Crippen molar-refractivity contribution < 1.29 is 23.5 Å². The third-order valence-corrected chi connectivity index (χ3v) is 2.78. The number of hydrogen-bond donors (Lipinski definition) is 1. The zero-order chi connectivity index (χ0) is 15.6. The van der Waals surface area contributed by atoms with Gasteiger partial charge in [0.15, 0.2) is 11.6 Å². The molecule has 5 nitrogen and oxygen atoms in total. The van der Waals surface area contributed by atoms with Gasteiger partial charge in [0.1, 0.15) is 5.82 Å². The van der Waals surface area contributed by atoms with Crippen LogP contribution >= 0.6 is 0 Å². The zero-order valence-electron chi connectivity index (χ0n) is 10.9. The third-order valence-electron chi connectivity index (χ3n) is 2.78. The highest BCUT2D eigenvalue weighted by Gasteiger charge is 2.19. The number of aliphatic hydroxyl groups excluding tert-OH is 1. The molecule has 0 aliphatic carbocycles. The zero-order valence-corrected chi connectivity index (χ0v) is 10.9. The predicted molar refractivity (Wildman–Crippen MR) is 70.2 cm³/mol. The summed E-state index contributed by atoms with van der Waals surface area (Å²) in [4.78, 5) is 10.3. The van der Waals surface area contributed by atoms with Crippen molar-refractivity contribution in [2.45, 2.75) is 13.0 Å².